The molecule has 0 spiro atoms. The molecule has 0 N–H and O–H groups in total. The van der Waals surface area contributed by atoms with Crippen LogP contribution in [0.15, 0.2) is 41.1 Å². The van der Waals surface area contributed by atoms with Crippen LogP contribution in [0.3, 0.4) is 0 Å². The zero-order valence-corrected chi connectivity index (χ0v) is 13.5. The summed E-state index contributed by atoms with van der Waals surface area (Å²) < 4.78 is 4.81. The van der Waals surface area contributed by atoms with Crippen LogP contribution in [0.5, 0.6) is 0 Å². The highest BCUT2D eigenvalue weighted by Crippen LogP contribution is 2.22. The number of aromatic nitrogens is 1. The summed E-state index contributed by atoms with van der Waals surface area (Å²) in [7, 11) is 1.78. The van der Waals surface area contributed by atoms with Gasteiger partial charge in [-0.25, -0.2) is 0 Å². The van der Waals surface area contributed by atoms with Gasteiger partial charge in [0.05, 0.1) is 11.8 Å². The van der Waals surface area contributed by atoms with Crippen LogP contribution in [0.1, 0.15) is 24.2 Å². The Morgan fingerprint density at radius 3 is 2.86 bits per heavy atom. The Kier molecular flexibility index (Phi) is 5.70. The molecule has 0 aliphatic rings. The largest absolute Gasteiger partial charge is 0.364 e. The Morgan fingerprint density at radius 2 is 2.19 bits per heavy atom. The lowest BCUT2D eigenvalue weighted by Gasteiger charge is -2.23. The predicted molar refractivity (Wildman–Crippen MR) is 85.3 cm³/mol. The van der Waals surface area contributed by atoms with E-state index in [9.17, 15) is 4.79 Å². The first-order chi connectivity index (χ1) is 10.1. The number of carbonyl (C=O) groups excluding carboxylic acids is 1. The van der Waals surface area contributed by atoms with E-state index in [-0.39, 0.29) is 11.9 Å². The van der Waals surface area contributed by atoms with Crippen molar-refractivity contribution in [1.82, 2.24) is 10.1 Å². The average Bonchev–Trinajstić information content (AvgIpc) is 3.01. The molecule has 1 atom stereocenters. The second-order valence-electron chi connectivity index (χ2n) is 4.69. The molecule has 6 heteroatoms. The summed E-state index contributed by atoms with van der Waals surface area (Å²) in [5.41, 5.74) is 1.80. The van der Waals surface area contributed by atoms with Crippen LogP contribution in [0.2, 0.25) is 5.02 Å². The van der Waals surface area contributed by atoms with Crippen molar-refractivity contribution in [2.45, 2.75) is 18.7 Å². The highest BCUT2D eigenvalue weighted by Gasteiger charge is 2.19. The molecule has 0 saturated carbocycles. The van der Waals surface area contributed by atoms with Crippen molar-refractivity contribution < 1.29 is 9.32 Å². The van der Waals surface area contributed by atoms with E-state index in [4.69, 9.17) is 16.1 Å². The van der Waals surface area contributed by atoms with Gasteiger partial charge in [0, 0.05) is 23.9 Å². The molecule has 1 aromatic carbocycles. The Morgan fingerprint density at radius 1 is 1.43 bits per heavy atom. The highest BCUT2D eigenvalue weighted by atomic mass is 35.5. The van der Waals surface area contributed by atoms with Gasteiger partial charge < -0.3 is 9.42 Å². The molecule has 4 nitrogen and oxygen atoms in total. The lowest BCUT2D eigenvalue weighted by molar-refractivity contribution is -0.129. The van der Waals surface area contributed by atoms with E-state index >= 15 is 0 Å². The van der Waals surface area contributed by atoms with Crippen molar-refractivity contribution in [2.24, 2.45) is 0 Å². The van der Waals surface area contributed by atoms with Gasteiger partial charge in [0.1, 0.15) is 12.0 Å². The summed E-state index contributed by atoms with van der Waals surface area (Å²) >= 11 is 7.64. The molecule has 1 aromatic heterocycles. The summed E-state index contributed by atoms with van der Waals surface area (Å²) in [6.45, 7) is 1.93. The lowest BCUT2D eigenvalue weighted by atomic mass is 10.2. The number of hydrogen-bond acceptors (Lipinski definition) is 4. The standard InChI is InChI=1S/C15H17ClN2O2S/c1-11(14-7-8-20-17-14)18(2)15(19)10-21-9-12-5-3-4-6-13(12)16/h3-8,11H,9-10H2,1-2H3/t11-/m1/s1. The highest BCUT2D eigenvalue weighted by molar-refractivity contribution is 7.99. The second kappa shape index (κ2) is 7.52. The van der Waals surface area contributed by atoms with Crippen molar-refractivity contribution in [2.75, 3.05) is 12.8 Å². The second-order valence-corrected chi connectivity index (χ2v) is 6.08. The topological polar surface area (TPSA) is 46.3 Å². The van der Waals surface area contributed by atoms with E-state index in [2.05, 4.69) is 5.16 Å². The van der Waals surface area contributed by atoms with Crippen LogP contribution >= 0.6 is 23.4 Å². The molecule has 112 valence electrons. The Balaban J connectivity index is 1.83. The van der Waals surface area contributed by atoms with Gasteiger partial charge in [-0.2, -0.15) is 0 Å². The molecule has 0 saturated heterocycles. The first kappa shape index (κ1) is 15.9. The molecule has 2 aromatic rings. The fourth-order valence-corrected chi connectivity index (χ4v) is 3.05. The molecule has 1 amide bonds. The first-order valence-electron chi connectivity index (χ1n) is 6.56. The van der Waals surface area contributed by atoms with E-state index in [0.29, 0.717) is 5.75 Å². The predicted octanol–water partition coefficient (Wildman–Crippen LogP) is 3.78. The fourth-order valence-electron chi connectivity index (χ4n) is 1.82. The molecule has 21 heavy (non-hydrogen) atoms. The summed E-state index contributed by atoms with van der Waals surface area (Å²) in [5.74, 6) is 1.18. The SMILES string of the molecule is C[C@H](c1ccon1)N(C)C(=O)CSCc1ccccc1Cl. The van der Waals surface area contributed by atoms with Crippen LogP contribution in [0, 0.1) is 0 Å². The Bertz CT molecular complexity index is 589. The molecule has 0 aliphatic carbocycles. The third-order valence-electron chi connectivity index (χ3n) is 3.30. The number of thioether (sulfide) groups is 1. The maximum absolute atomic E-state index is 12.2. The van der Waals surface area contributed by atoms with Crippen molar-refractivity contribution >= 4 is 29.3 Å². The average molecular weight is 325 g/mol. The normalized spacial score (nSPS) is 12.1. The first-order valence-corrected chi connectivity index (χ1v) is 8.10. The summed E-state index contributed by atoms with van der Waals surface area (Å²) in [6.07, 6.45) is 1.51. The molecule has 0 unspecified atom stereocenters. The molecule has 0 fully saturated rings. The number of halogens is 1. The molecular weight excluding hydrogens is 308 g/mol. The van der Waals surface area contributed by atoms with Gasteiger partial charge in [-0.3, -0.25) is 4.79 Å². The minimum atomic E-state index is -0.0998. The smallest absolute Gasteiger partial charge is 0.232 e. The van der Waals surface area contributed by atoms with E-state index in [1.165, 1.54) is 6.26 Å². The van der Waals surface area contributed by atoms with Gasteiger partial charge >= 0.3 is 0 Å². The van der Waals surface area contributed by atoms with Crippen molar-refractivity contribution in [1.29, 1.82) is 0 Å². The van der Waals surface area contributed by atoms with Gasteiger partial charge in [0.15, 0.2) is 0 Å². The number of benzene rings is 1. The van der Waals surface area contributed by atoms with Crippen LogP contribution in [-0.4, -0.2) is 28.8 Å². The zero-order valence-electron chi connectivity index (χ0n) is 12.0. The third kappa shape index (κ3) is 4.25. The molecule has 0 bridgehead atoms. The summed E-state index contributed by atoms with van der Waals surface area (Å²) in [4.78, 5) is 13.8. The van der Waals surface area contributed by atoms with Gasteiger partial charge in [0.25, 0.3) is 0 Å². The van der Waals surface area contributed by atoms with Gasteiger partial charge in [0.2, 0.25) is 5.91 Å². The molecule has 2 rings (SSSR count). The number of amides is 1. The number of rotatable bonds is 6. The Hall–Kier alpha value is -1.46. The lowest BCUT2D eigenvalue weighted by Crippen LogP contribution is -2.31. The summed E-state index contributed by atoms with van der Waals surface area (Å²) in [5, 5.41) is 4.60. The van der Waals surface area contributed by atoms with E-state index < -0.39 is 0 Å². The molecule has 0 radical (unpaired) electrons. The van der Waals surface area contributed by atoms with Gasteiger partial charge in [-0.1, -0.05) is 35.0 Å². The van der Waals surface area contributed by atoms with Crippen LogP contribution in [0.25, 0.3) is 0 Å². The number of hydrogen-bond donors (Lipinski definition) is 0. The quantitative estimate of drug-likeness (QED) is 0.811. The van der Waals surface area contributed by atoms with Gasteiger partial charge in [-0.05, 0) is 18.6 Å². The van der Waals surface area contributed by atoms with E-state index in [1.807, 2.05) is 31.2 Å². The number of carbonyl (C=O) groups is 1. The van der Waals surface area contributed by atoms with E-state index in [0.717, 1.165) is 22.0 Å². The fraction of sp³-hybridized carbons (Fsp3) is 0.333. The molecule has 0 aliphatic heterocycles. The molecule has 1 heterocycles. The maximum atomic E-state index is 12.2. The van der Waals surface area contributed by atoms with E-state index in [1.54, 1.807) is 29.8 Å². The molecular formula is C15H17ClN2O2S. The van der Waals surface area contributed by atoms with Crippen molar-refractivity contribution in [3.05, 3.63) is 52.9 Å². The maximum Gasteiger partial charge on any atom is 0.232 e. The van der Waals surface area contributed by atoms with Gasteiger partial charge in [-0.15, -0.1) is 11.8 Å². The van der Waals surface area contributed by atoms with Crippen LogP contribution < -0.4 is 0 Å². The van der Waals surface area contributed by atoms with Crippen molar-refractivity contribution in [3.8, 4) is 0 Å². The third-order valence-corrected chi connectivity index (χ3v) is 4.64. The zero-order chi connectivity index (χ0) is 15.2. The van der Waals surface area contributed by atoms with Crippen LogP contribution in [-0.2, 0) is 10.5 Å². The van der Waals surface area contributed by atoms with Crippen LogP contribution in [0.4, 0.5) is 0 Å². The van der Waals surface area contributed by atoms with Crippen molar-refractivity contribution in [3.63, 3.8) is 0 Å². The Labute approximate surface area is 133 Å². The monoisotopic (exact) mass is 324 g/mol. The number of nitrogens with zero attached hydrogens (tertiary/aromatic N) is 2. The summed E-state index contributed by atoms with van der Waals surface area (Å²) in [6, 6.07) is 9.35. The minimum Gasteiger partial charge on any atom is -0.364 e. The minimum absolute atomic E-state index is 0.0579.